The average molecular weight is 686 g/mol. The molecule has 7 nitrogen and oxygen atoms in total. The van der Waals surface area contributed by atoms with Crippen LogP contribution < -0.4 is 4.74 Å². The Morgan fingerprint density at radius 1 is 1.12 bits per heavy atom. The van der Waals surface area contributed by atoms with Crippen molar-refractivity contribution < 1.29 is 19.0 Å². The Bertz CT molecular complexity index is 1310. The van der Waals surface area contributed by atoms with Gasteiger partial charge in [0, 0.05) is 37.7 Å². The van der Waals surface area contributed by atoms with Gasteiger partial charge in [0.25, 0.3) is 6.01 Å². The first-order valence-electron chi connectivity index (χ1n) is 14.0. The zero-order valence-electron chi connectivity index (χ0n) is 24.7. The number of aromatic amines is 1. The minimum atomic E-state index is -1.28. The summed E-state index contributed by atoms with van der Waals surface area (Å²) in [4.78, 5) is 22.7. The van der Waals surface area contributed by atoms with Crippen molar-refractivity contribution in [3.05, 3.63) is 56.5 Å². The van der Waals surface area contributed by atoms with E-state index in [0.717, 1.165) is 21.6 Å². The van der Waals surface area contributed by atoms with E-state index in [4.69, 9.17) is 37.4 Å². The number of ether oxygens (including phenoxy) is 3. The molecule has 0 bridgehead atoms. The van der Waals surface area contributed by atoms with E-state index in [0.29, 0.717) is 60.7 Å². The molecule has 1 atom stereocenters. The third kappa shape index (κ3) is 8.41. The van der Waals surface area contributed by atoms with Crippen molar-refractivity contribution in [2.75, 3.05) is 26.3 Å². The Balaban J connectivity index is 1.67. The highest BCUT2D eigenvalue weighted by molar-refractivity contribution is 9.10. The standard InChI is InChI=1S/C30H40BrCl2N3O4Si/c1-29(2,3)40-28(37)36-13-11-30(12-14-36,20-7-9-21(31)10-8-20)26(19-38-15-16-41(4,5)6)39-27-34-24-17-22(32)23(33)18-25(24)35-27/h7-10,17-18,26H,11-16,19H2,1-6H3,(H,34,35). The van der Waals surface area contributed by atoms with Crippen LogP contribution in [0.25, 0.3) is 11.0 Å². The number of carbonyl (C=O) groups is 1. The highest BCUT2D eigenvalue weighted by Crippen LogP contribution is 2.42. The first-order valence-corrected chi connectivity index (χ1v) is 19.2. The summed E-state index contributed by atoms with van der Waals surface area (Å²) in [7, 11) is -1.28. The lowest BCUT2D eigenvalue weighted by Crippen LogP contribution is -2.54. The van der Waals surface area contributed by atoms with Crippen LogP contribution in [0.1, 0.15) is 39.2 Å². The van der Waals surface area contributed by atoms with Crippen LogP contribution in [-0.2, 0) is 14.9 Å². The van der Waals surface area contributed by atoms with Crippen molar-refractivity contribution in [1.29, 1.82) is 0 Å². The van der Waals surface area contributed by atoms with Gasteiger partial charge in [0.1, 0.15) is 11.7 Å². The number of nitrogens with zero attached hydrogens (tertiary/aromatic N) is 2. The number of nitrogens with one attached hydrogen (secondary N) is 1. The molecule has 1 unspecified atom stereocenters. The first-order chi connectivity index (χ1) is 19.1. The molecule has 0 aliphatic carbocycles. The third-order valence-corrected chi connectivity index (χ3v) is 10.3. The molecule has 1 saturated heterocycles. The molecule has 1 aliphatic rings. The molecule has 1 amide bonds. The molecule has 0 spiro atoms. The average Bonchev–Trinajstić information content (AvgIpc) is 3.26. The van der Waals surface area contributed by atoms with Gasteiger partial charge in [-0.15, -0.1) is 0 Å². The van der Waals surface area contributed by atoms with Crippen molar-refractivity contribution in [2.24, 2.45) is 0 Å². The van der Waals surface area contributed by atoms with Crippen LogP contribution in [0, 0.1) is 0 Å². The fourth-order valence-corrected chi connectivity index (χ4v) is 6.38. The van der Waals surface area contributed by atoms with Crippen molar-refractivity contribution in [1.82, 2.24) is 14.9 Å². The van der Waals surface area contributed by atoms with E-state index in [-0.39, 0.29) is 12.2 Å². The van der Waals surface area contributed by atoms with Crippen LogP contribution >= 0.6 is 39.1 Å². The zero-order valence-corrected chi connectivity index (χ0v) is 28.8. The maximum atomic E-state index is 12.9. The van der Waals surface area contributed by atoms with Gasteiger partial charge < -0.3 is 24.1 Å². The van der Waals surface area contributed by atoms with Crippen molar-refractivity contribution in [3.63, 3.8) is 0 Å². The second kappa shape index (κ2) is 12.8. The number of H-pyrrole nitrogens is 1. The van der Waals surface area contributed by atoms with Crippen molar-refractivity contribution in [2.45, 2.75) is 76.4 Å². The molecule has 1 aromatic heterocycles. The molecule has 1 fully saturated rings. The summed E-state index contributed by atoms with van der Waals surface area (Å²) in [5.74, 6) is 0. The van der Waals surface area contributed by atoms with Gasteiger partial charge in [0.2, 0.25) is 0 Å². The minimum Gasteiger partial charge on any atom is -0.458 e. The Hall–Kier alpha value is -1.78. The highest BCUT2D eigenvalue weighted by atomic mass is 79.9. The van der Waals surface area contributed by atoms with Gasteiger partial charge in [-0.2, -0.15) is 4.98 Å². The Morgan fingerprint density at radius 2 is 1.76 bits per heavy atom. The number of halogens is 3. The molecule has 0 radical (unpaired) electrons. The van der Waals surface area contributed by atoms with Crippen LogP contribution in [-0.4, -0.2) is 67.0 Å². The van der Waals surface area contributed by atoms with Crippen LogP contribution in [0.4, 0.5) is 4.79 Å². The number of likely N-dealkylation sites (tertiary alicyclic amines) is 1. The number of aromatic nitrogens is 2. The second-order valence-electron chi connectivity index (χ2n) is 12.9. The third-order valence-electron chi connectivity index (χ3n) is 7.36. The molecule has 4 rings (SSSR count). The largest absolute Gasteiger partial charge is 0.458 e. The fraction of sp³-hybridized carbons (Fsp3) is 0.533. The van der Waals surface area contributed by atoms with Crippen LogP contribution in [0.2, 0.25) is 35.7 Å². The van der Waals surface area contributed by atoms with Crippen LogP contribution in [0.5, 0.6) is 6.01 Å². The van der Waals surface area contributed by atoms with E-state index in [1.54, 1.807) is 17.0 Å². The SMILES string of the molecule is CC(C)(C)OC(=O)N1CCC(c2ccc(Br)cc2)(C(COCC[Si](C)(C)C)Oc2nc3cc(Cl)c(Cl)cc3[nH]2)CC1. The predicted octanol–water partition coefficient (Wildman–Crippen LogP) is 8.70. The van der Waals surface area contributed by atoms with Gasteiger partial charge in [-0.1, -0.05) is 70.9 Å². The van der Waals surface area contributed by atoms with Crippen molar-refractivity contribution >= 4 is 64.3 Å². The second-order valence-corrected chi connectivity index (χ2v) is 20.3. The number of benzene rings is 2. The maximum Gasteiger partial charge on any atom is 0.410 e. The summed E-state index contributed by atoms with van der Waals surface area (Å²) in [5.41, 5.74) is 1.55. The number of hydrogen-bond donors (Lipinski definition) is 1. The molecule has 224 valence electrons. The summed E-state index contributed by atoms with van der Waals surface area (Å²) >= 11 is 16.1. The maximum absolute atomic E-state index is 12.9. The molecule has 0 saturated carbocycles. The van der Waals surface area contributed by atoms with Gasteiger partial charge in [0.15, 0.2) is 0 Å². The highest BCUT2D eigenvalue weighted by Gasteiger charge is 2.46. The molecular formula is C30H40BrCl2N3O4Si. The van der Waals surface area contributed by atoms with E-state index < -0.39 is 19.1 Å². The summed E-state index contributed by atoms with van der Waals surface area (Å²) in [6, 6.07) is 13.3. The Kier molecular flexibility index (Phi) is 10.1. The van der Waals surface area contributed by atoms with Gasteiger partial charge in [-0.25, -0.2) is 4.79 Å². The van der Waals surface area contributed by atoms with Crippen molar-refractivity contribution in [3.8, 4) is 6.01 Å². The lowest BCUT2D eigenvalue weighted by molar-refractivity contribution is -0.0254. The number of piperidine rings is 1. The lowest BCUT2D eigenvalue weighted by atomic mass is 9.68. The molecule has 2 heterocycles. The Morgan fingerprint density at radius 3 is 2.37 bits per heavy atom. The number of carbonyl (C=O) groups excluding carboxylic acids is 1. The molecule has 2 aromatic carbocycles. The molecular weight excluding hydrogens is 645 g/mol. The minimum absolute atomic E-state index is 0.295. The van der Waals surface area contributed by atoms with Crippen LogP contribution in [0.15, 0.2) is 40.9 Å². The molecule has 41 heavy (non-hydrogen) atoms. The monoisotopic (exact) mass is 683 g/mol. The summed E-state index contributed by atoms with van der Waals surface area (Å²) < 4.78 is 19.7. The normalized spacial score (nSPS) is 16.6. The summed E-state index contributed by atoms with van der Waals surface area (Å²) in [5, 5.41) is 0.880. The molecule has 1 N–H and O–H groups in total. The van der Waals surface area contributed by atoms with E-state index >= 15 is 0 Å². The topological polar surface area (TPSA) is 76.7 Å². The predicted molar refractivity (Wildman–Crippen MR) is 172 cm³/mol. The van der Waals surface area contributed by atoms with E-state index in [1.165, 1.54) is 0 Å². The van der Waals surface area contributed by atoms with E-state index in [9.17, 15) is 4.79 Å². The first kappa shape index (κ1) is 32.1. The molecule has 1 aliphatic heterocycles. The number of amides is 1. The van der Waals surface area contributed by atoms with E-state index in [2.05, 4.69) is 57.7 Å². The number of fused-ring (bicyclic) bond motifs is 1. The number of rotatable bonds is 9. The van der Waals surface area contributed by atoms with Gasteiger partial charge in [-0.3, -0.25) is 0 Å². The smallest absolute Gasteiger partial charge is 0.410 e. The summed E-state index contributed by atoms with van der Waals surface area (Å²) in [6.45, 7) is 14.8. The quantitative estimate of drug-likeness (QED) is 0.180. The fourth-order valence-electron chi connectivity index (χ4n) is 5.04. The molecule has 3 aromatic rings. The number of imidazole rings is 1. The van der Waals surface area contributed by atoms with E-state index in [1.807, 2.05) is 32.9 Å². The molecule has 11 heteroatoms. The Labute approximate surface area is 262 Å². The van der Waals surface area contributed by atoms with Gasteiger partial charge in [0.05, 0.1) is 27.7 Å². The number of hydrogen-bond acceptors (Lipinski definition) is 5. The zero-order chi connectivity index (χ0) is 30.0. The van der Waals surface area contributed by atoms with Gasteiger partial charge in [-0.05, 0) is 69.5 Å². The summed E-state index contributed by atoms with van der Waals surface area (Å²) in [6.07, 6.45) is 0.677. The van der Waals surface area contributed by atoms with Crippen LogP contribution in [0.3, 0.4) is 0 Å². The lowest BCUT2D eigenvalue weighted by Gasteiger charge is -2.46. The van der Waals surface area contributed by atoms with Gasteiger partial charge >= 0.3 is 6.09 Å².